The molecule has 2 aromatic rings. The van der Waals surface area contributed by atoms with Crippen LogP contribution in [0.4, 0.5) is 5.69 Å². The Morgan fingerprint density at radius 3 is 3.00 bits per heavy atom. The van der Waals surface area contributed by atoms with Crippen molar-refractivity contribution in [1.82, 2.24) is 9.55 Å². The molecule has 0 aliphatic heterocycles. The van der Waals surface area contributed by atoms with Gasteiger partial charge in [0.2, 0.25) is 5.91 Å². The SMILES string of the molecule is CCCC(N)C(=O)Nc1ccccc1OCCn1ccnc1. The Kier molecular flexibility index (Phi) is 5.97. The van der Waals surface area contributed by atoms with E-state index in [1.165, 1.54) is 0 Å². The standard InChI is InChI=1S/C16H22N4O2/c1-2-5-13(17)16(21)19-14-6-3-4-7-15(14)22-11-10-20-9-8-18-12-20/h3-4,6-9,12-13H,2,5,10-11,17H2,1H3,(H,19,21). The molecular weight excluding hydrogens is 280 g/mol. The molecule has 22 heavy (non-hydrogen) atoms. The predicted octanol–water partition coefficient (Wildman–Crippen LogP) is 2.03. The number of hydrogen-bond acceptors (Lipinski definition) is 4. The number of hydrogen-bond donors (Lipinski definition) is 2. The zero-order valence-corrected chi connectivity index (χ0v) is 12.7. The van der Waals surface area contributed by atoms with Gasteiger partial charge in [-0.15, -0.1) is 0 Å². The maximum atomic E-state index is 12.0. The zero-order valence-electron chi connectivity index (χ0n) is 12.7. The summed E-state index contributed by atoms with van der Waals surface area (Å²) in [6.45, 7) is 3.18. The molecule has 0 fully saturated rings. The molecular formula is C16H22N4O2. The monoisotopic (exact) mass is 302 g/mol. The fraction of sp³-hybridized carbons (Fsp3) is 0.375. The van der Waals surface area contributed by atoms with E-state index in [0.717, 1.165) is 6.42 Å². The molecule has 2 rings (SSSR count). The second kappa shape index (κ2) is 8.19. The average molecular weight is 302 g/mol. The van der Waals surface area contributed by atoms with Crippen molar-refractivity contribution in [1.29, 1.82) is 0 Å². The molecule has 0 aliphatic rings. The van der Waals surface area contributed by atoms with Gasteiger partial charge in [0, 0.05) is 12.4 Å². The van der Waals surface area contributed by atoms with E-state index in [-0.39, 0.29) is 5.91 Å². The van der Waals surface area contributed by atoms with Crippen LogP contribution < -0.4 is 15.8 Å². The van der Waals surface area contributed by atoms with Crippen molar-refractivity contribution in [3.8, 4) is 5.75 Å². The minimum absolute atomic E-state index is 0.187. The van der Waals surface area contributed by atoms with E-state index in [1.54, 1.807) is 12.5 Å². The van der Waals surface area contributed by atoms with Crippen molar-refractivity contribution in [2.24, 2.45) is 5.73 Å². The van der Waals surface area contributed by atoms with Gasteiger partial charge in [0.25, 0.3) is 0 Å². The minimum Gasteiger partial charge on any atom is -0.490 e. The maximum absolute atomic E-state index is 12.0. The van der Waals surface area contributed by atoms with Gasteiger partial charge in [0.1, 0.15) is 12.4 Å². The molecule has 0 saturated heterocycles. The molecule has 1 aromatic carbocycles. The Morgan fingerprint density at radius 2 is 2.27 bits per heavy atom. The van der Waals surface area contributed by atoms with Crippen LogP contribution in [0.5, 0.6) is 5.75 Å². The van der Waals surface area contributed by atoms with Crippen LogP contribution in [0.2, 0.25) is 0 Å². The number of para-hydroxylation sites is 2. The number of carbonyl (C=O) groups is 1. The van der Waals surface area contributed by atoms with Gasteiger partial charge in [-0.2, -0.15) is 0 Å². The number of benzene rings is 1. The number of ether oxygens (including phenoxy) is 1. The number of rotatable bonds is 8. The second-order valence-electron chi connectivity index (χ2n) is 5.03. The molecule has 0 radical (unpaired) electrons. The minimum atomic E-state index is -0.496. The third kappa shape index (κ3) is 4.60. The van der Waals surface area contributed by atoms with Crippen LogP contribution in [0.25, 0.3) is 0 Å². The van der Waals surface area contributed by atoms with Gasteiger partial charge in [-0.25, -0.2) is 4.98 Å². The number of nitrogens with two attached hydrogens (primary N) is 1. The highest BCUT2D eigenvalue weighted by Crippen LogP contribution is 2.24. The van der Waals surface area contributed by atoms with Crippen molar-refractivity contribution >= 4 is 11.6 Å². The van der Waals surface area contributed by atoms with Crippen LogP contribution in [-0.4, -0.2) is 28.1 Å². The molecule has 1 amide bonds. The van der Waals surface area contributed by atoms with Gasteiger partial charge in [0.05, 0.1) is 24.6 Å². The average Bonchev–Trinajstić information content (AvgIpc) is 3.02. The van der Waals surface area contributed by atoms with E-state index in [0.29, 0.717) is 31.0 Å². The first kappa shape index (κ1) is 16.0. The summed E-state index contributed by atoms with van der Waals surface area (Å²) in [5.74, 6) is 0.451. The lowest BCUT2D eigenvalue weighted by atomic mass is 10.1. The molecule has 118 valence electrons. The summed E-state index contributed by atoms with van der Waals surface area (Å²) in [7, 11) is 0. The van der Waals surface area contributed by atoms with Crippen molar-refractivity contribution in [3.05, 3.63) is 43.0 Å². The number of nitrogens with zero attached hydrogens (tertiary/aromatic N) is 2. The van der Waals surface area contributed by atoms with E-state index in [2.05, 4.69) is 10.3 Å². The topological polar surface area (TPSA) is 82.2 Å². The lowest BCUT2D eigenvalue weighted by molar-refractivity contribution is -0.117. The van der Waals surface area contributed by atoms with Gasteiger partial charge in [-0.1, -0.05) is 25.5 Å². The molecule has 0 spiro atoms. The molecule has 1 atom stereocenters. The van der Waals surface area contributed by atoms with E-state index >= 15 is 0 Å². The van der Waals surface area contributed by atoms with Gasteiger partial charge in [0.15, 0.2) is 0 Å². The Bertz CT molecular complexity index is 584. The zero-order chi connectivity index (χ0) is 15.8. The highest BCUT2D eigenvalue weighted by Gasteiger charge is 2.14. The Balaban J connectivity index is 1.93. The summed E-state index contributed by atoms with van der Waals surface area (Å²) < 4.78 is 7.68. The Morgan fingerprint density at radius 1 is 1.45 bits per heavy atom. The van der Waals surface area contributed by atoms with Crippen LogP contribution in [0, 0.1) is 0 Å². The van der Waals surface area contributed by atoms with Gasteiger partial charge in [-0.05, 0) is 18.6 Å². The molecule has 0 bridgehead atoms. The molecule has 1 aromatic heterocycles. The van der Waals surface area contributed by atoms with E-state index in [9.17, 15) is 4.79 Å². The fourth-order valence-electron chi connectivity index (χ4n) is 2.04. The Hall–Kier alpha value is -2.34. The molecule has 0 aliphatic carbocycles. The lowest BCUT2D eigenvalue weighted by Gasteiger charge is -2.15. The number of aromatic nitrogens is 2. The van der Waals surface area contributed by atoms with Crippen LogP contribution in [0.15, 0.2) is 43.0 Å². The maximum Gasteiger partial charge on any atom is 0.241 e. The Labute approximate surface area is 130 Å². The molecule has 1 unspecified atom stereocenters. The van der Waals surface area contributed by atoms with Crippen molar-refractivity contribution in [2.45, 2.75) is 32.4 Å². The smallest absolute Gasteiger partial charge is 0.241 e. The summed E-state index contributed by atoms with van der Waals surface area (Å²) in [6.07, 6.45) is 6.87. The molecule has 1 heterocycles. The molecule has 0 saturated carbocycles. The first-order chi connectivity index (χ1) is 10.7. The van der Waals surface area contributed by atoms with E-state index < -0.39 is 6.04 Å². The summed E-state index contributed by atoms with van der Waals surface area (Å²) in [4.78, 5) is 16.0. The van der Waals surface area contributed by atoms with Crippen molar-refractivity contribution < 1.29 is 9.53 Å². The number of nitrogens with one attached hydrogen (secondary N) is 1. The molecule has 6 nitrogen and oxygen atoms in total. The summed E-state index contributed by atoms with van der Waals surface area (Å²) in [5, 5.41) is 2.83. The number of carbonyl (C=O) groups excluding carboxylic acids is 1. The van der Waals surface area contributed by atoms with Crippen molar-refractivity contribution in [3.63, 3.8) is 0 Å². The number of amides is 1. The van der Waals surface area contributed by atoms with Crippen molar-refractivity contribution in [2.75, 3.05) is 11.9 Å². The third-order valence-corrected chi connectivity index (χ3v) is 3.25. The third-order valence-electron chi connectivity index (χ3n) is 3.25. The normalized spacial score (nSPS) is 11.9. The quantitative estimate of drug-likeness (QED) is 0.781. The van der Waals surface area contributed by atoms with Crippen LogP contribution in [0.3, 0.4) is 0 Å². The van der Waals surface area contributed by atoms with Gasteiger partial charge >= 0.3 is 0 Å². The summed E-state index contributed by atoms with van der Waals surface area (Å²) in [5.41, 5.74) is 6.47. The fourth-order valence-corrected chi connectivity index (χ4v) is 2.04. The van der Waals surface area contributed by atoms with Crippen LogP contribution >= 0.6 is 0 Å². The number of anilines is 1. The highest BCUT2D eigenvalue weighted by molar-refractivity contribution is 5.95. The highest BCUT2D eigenvalue weighted by atomic mass is 16.5. The second-order valence-corrected chi connectivity index (χ2v) is 5.03. The summed E-state index contributed by atoms with van der Waals surface area (Å²) in [6, 6.07) is 6.86. The predicted molar refractivity (Wildman–Crippen MR) is 85.7 cm³/mol. The first-order valence-electron chi connectivity index (χ1n) is 7.44. The first-order valence-corrected chi connectivity index (χ1v) is 7.44. The van der Waals surface area contributed by atoms with Crippen LogP contribution in [0.1, 0.15) is 19.8 Å². The molecule has 6 heteroatoms. The molecule has 3 N–H and O–H groups in total. The lowest BCUT2D eigenvalue weighted by Crippen LogP contribution is -2.35. The van der Waals surface area contributed by atoms with Crippen LogP contribution in [-0.2, 0) is 11.3 Å². The largest absolute Gasteiger partial charge is 0.490 e. The summed E-state index contributed by atoms with van der Waals surface area (Å²) >= 11 is 0. The van der Waals surface area contributed by atoms with E-state index in [1.807, 2.05) is 42.0 Å². The van der Waals surface area contributed by atoms with E-state index in [4.69, 9.17) is 10.5 Å². The van der Waals surface area contributed by atoms with Gasteiger partial charge < -0.3 is 20.4 Å². The van der Waals surface area contributed by atoms with Gasteiger partial charge in [-0.3, -0.25) is 4.79 Å². The number of imidazole rings is 1.